The highest BCUT2D eigenvalue weighted by Crippen LogP contribution is 2.42. The first-order chi connectivity index (χ1) is 46.0. The van der Waals surface area contributed by atoms with Gasteiger partial charge in [0.15, 0.2) is 46.0 Å². The summed E-state index contributed by atoms with van der Waals surface area (Å²) in [6, 6.07) is 19.1. The number of hydrogen-bond acceptors (Lipinski definition) is 21. The molecular weight excluding hydrogens is 1410 g/mol. The number of nitrogens with zero attached hydrogens (tertiary/aromatic N) is 11. The topological polar surface area (TPSA) is 381 Å². The first-order valence-electron chi connectivity index (χ1n) is 27.1. The van der Waals surface area contributed by atoms with Crippen LogP contribution in [0, 0.1) is 20.8 Å². The molecular formula is C62H42Cl8N16O10. The summed E-state index contributed by atoms with van der Waals surface area (Å²) in [6.45, 7) is 5.50. The number of pyridine rings is 1. The van der Waals surface area contributed by atoms with Crippen LogP contribution < -0.4 is 21.3 Å². The summed E-state index contributed by atoms with van der Waals surface area (Å²) in [5, 5.41) is 61.2. The van der Waals surface area contributed by atoms with Crippen LogP contribution >= 0.6 is 92.8 Å². The van der Waals surface area contributed by atoms with Gasteiger partial charge in [-0.15, -0.1) is 0 Å². The Kier molecular flexibility index (Phi) is 23.0. The number of benzene rings is 4. The van der Waals surface area contributed by atoms with Crippen LogP contribution in [0.3, 0.4) is 0 Å². The molecule has 0 amide bonds. The number of anilines is 8. The average molecular weight is 1450 g/mol. The molecule has 486 valence electrons. The summed E-state index contributed by atoms with van der Waals surface area (Å²) in [5.41, 5.74) is 8.63. The number of H-pyrrole nitrogens is 1. The van der Waals surface area contributed by atoms with Crippen molar-refractivity contribution in [2.45, 2.75) is 20.8 Å². The minimum absolute atomic E-state index is 0.0453. The molecule has 9 N–H and O–H groups in total. The van der Waals surface area contributed by atoms with E-state index < -0.39 is 23.9 Å². The van der Waals surface area contributed by atoms with Gasteiger partial charge in [-0.2, -0.15) is 5.10 Å². The van der Waals surface area contributed by atoms with Gasteiger partial charge in [0.2, 0.25) is 0 Å². The monoisotopic (exact) mass is 1450 g/mol. The van der Waals surface area contributed by atoms with Gasteiger partial charge >= 0.3 is 23.9 Å². The summed E-state index contributed by atoms with van der Waals surface area (Å²) in [6.07, 6.45) is 18.8. The lowest BCUT2D eigenvalue weighted by Gasteiger charge is -2.13. The third-order valence-corrected chi connectivity index (χ3v) is 15.5. The van der Waals surface area contributed by atoms with Crippen molar-refractivity contribution in [2.24, 2.45) is 0 Å². The second kappa shape index (κ2) is 31.6. The van der Waals surface area contributed by atoms with Crippen LogP contribution in [0.25, 0.3) is 44.5 Å². The zero-order chi connectivity index (χ0) is 68.9. The molecule has 0 saturated carbocycles. The number of hydrogen-bond donors (Lipinski definition) is 9. The molecule has 0 fully saturated rings. The molecule has 8 aromatic heterocycles. The van der Waals surface area contributed by atoms with E-state index in [1.54, 1.807) is 92.6 Å². The molecule has 12 aromatic rings. The van der Waals surface area contributed by atoms with Gasteiger partial charge < -0.3 is 50.6 Å². The predicted molar refractivity (Wildman–Crippen MR) is 363 cm³/mol. The van der Waals surface area contributed by atoms with Gasteiger partial charge in [0, 0.05) is 84.4 Å². The van der Waals surface area contributed by atoms with E-state index in [0.717, 1.165) is 50.2 Å². The van der Waals surface area contributed by atoms with Crippen LogP contribution in [0.5, 0.6) is 0 Å². The number of aromatic nitrogens is 12. The van der Waals surface area contributed by atoms with E-state index in [1.807, 2.05) is 26.0 Å². The first-order valence-corrected chi connectivity index (χ1v) is 30.1. The number of carboxylic acid groups (broad SMARTS) is 4. The van der Waals surface area contributed by atoms with E-state index in [4.69, 9.17) is 117 Å². The third-order valence-electron chi connectivity index (χ3n) is 13.1. The molecule has 34 heteroatoms. The maximum Gasteiger partial charge on any atom is 0.358 e. The Hall–Kier alpha value is -10.6. The highest BCUT2D eigenvalue weighted by Gasteiger charge is 2.23. The Morgan fingerprint density at radius 3 is 1.05 bits per heavy atom. The van der Waals surface area contributed by atoms with Gasteiger partial charge in [-0.05, 0) is 115 Å². The van der Waals surface area contributed by atoms with E-state index in [-0.39, 0.29) is 46.0 Å². The predicted octanol–water partition coefficient (Wildman–Crippen LogP) is 17.2. The SMILES string of the molecule is Cc1[nH]ncc1-c1cc(Cl)c(Nc2nccnc2C(=O)O)c(Cl)c1.Cc1noc(C)c1-c1cc(Cl)c(Nc2nccnc2C(=O)O)c(Cl)c1.O=C(O)c1nccnc1Nc1c(Cl)cc(-c2ccncc2)cc1Cl.O=C(O)c1nccnc1Nc1c(Cl)cc(-c2ccoc2)cc1Cl. The average Bonchev–Trinajstić information content (AvgIpc) is 1.53. The Morgan fingerprint density at radius 1 is 0.417 bits per heavy atom. The molecule has 8 heterocycles. The van der Waals surface area contributed by atoms with Crippen LogP contribution in [0.2, 0.25) is 40.2 Å². The van der Waals surface area contributed by atoms with Crippen molar-refractivity contribution in [2.75, 3.05) is 21.3 Å². The highest BCUT2D eigenvalue weighted by molar-refractivity contribution is 6.42. The maximum absolute atomic E-state index is 11.2. The molecule has 0 aliphatic carbocycles. The number of halogens is 8. The lowest BCUT2D eigenvalue weighted by Crippen LogP contribution is -2.07. The quantitative estimate of drug-likeness (QED) is 0.0434. The zero-order valence-corrected chi connectivity index (χ0v) is 55.1. The highest BCUT2D eigenvalue weighted by atomic mass is 35.5. The lowest BCUT2D eigenvalue weighted by molar-refractivity contribution is 0.0680. The van der Waals surface area contributed by atoms with Gasteiger partial charge in [-0.1, -0.05) is 98.0 Å². The normalized spacial score (nSPS) is 10.6. The van der Waals surface area contributed by atoms with Crippen LogP contribution in [0.4, 0.5) is 46.0 Å². The molecule has 0 aliphatic heterocycles. The second-order valence-corrected chi connectivity index (χ2v) is 22.6. The van der Waals surface area contributed by atoms with Crippen molar-refractivity contribution in [3.8, 4) is 44.5 Å². The van der Waals surface area contributed by atoms with Gasteiger partial charge in [0.25, 0.3) is 0 Å². The number of rotatable bonds is 16. The summed E-state index contributed by atoms with van der Waals surface area (Å²) in [4.78, 5) is 79.8. The van der Waals surface area contributed by atoms with Gasteiger partial charge in [0.05, 0.1) is 87.3 Å². The van der Waals surface area contributed by atoms with E-state index >= 15 is 0 Å². The van der Waals surface area contributed by atoms with Crippen molar-refractivity contribution < 1.29 is 48.5 Å². The fourth-order valence-electron chi connectivity index (χ4n) is 8.73. The van der Waals surface area contributed by atoms with E-state index in [1.165, 1.54) is 49.6 Å². The van der Waals surface area contributed by atoms with Crippen molar-refractivity contribution in [1.82, 2.24) is 60.2 Å². The van der Waals surface area contributed by atoms with Gasteiger partial charge in [-0.3, -0.25) is 10.1 Å². The Morgan fingerprint density at radius 2 is 0.750 bits per heavy atom. The van der Waals surface area contributed by atoms with Crippen molar-refractivity contribution in [3.05, 3.63) is 228 Å². The third kappa shape index (κ3) is 16.9. The number of aromatic carboxylic acids is 4. The largest absolute Gasteiger partial charge is 0.476 e. The smallest absolute Gasteiger partial charge is 0.358 e. The molecule has 0 atom stereocenters. The van der Waals surface area contributed by atoms with Crippen molar-refractivity contribution in [3.63, 3.8) is 0 Å². The minimum atomic E-state index is -1.21. The Bertz CT molecular complexity index is 4760. The molecule has 0 radical (unpaired) electrons. The van der Waals surface area contributed by atoms with Crippen LogP contribution in [-0.4, -0.2) is 105 Å². The lowest BCUT2D eigenvalue weighted by atomic mass is 10.0. The number of aryl methyl sites for hydroxylation is 3. The molecule has 12 rings (SSSR count). The maximum atomic E-state index is 11.2. The number of carboxylic acids is 4. The molecule has 26 nitrogen and oxygen atoms in total. The summed E-state index contributed by atoms with van der Waals surface area (Å²) >= 11 is 50.5. The molecule has 0 spiro atoms. The molecule has 0 bridgehead atoms. The van der Waals surface area contributed by atoms with E-state index in [2.05, 4.69) is 81.5 Å². The first kappa shape index (κ1) is 69.8. The second-order valence-electron chi connectivity index (χ2n) is 19.4. The van der Waals surface area contributed by atoms with E-state index in [0.29, 0.717) is 74.4 Å². The number of nitrogens with one attached hydrogen (secondary N) is 5. The Balaban J connectivity index is 0.000000150. The standard InChI is InChI=1S/C16H12Cl2N4O3.C16H10Cl2N4O2.C15H11Cl2N5O2.C15H9Cl2N3O3/c1-7-12(8(2)25-22-7)9-5-10(17)13(11(18)6-9)21-15-14(16(23)24)19-3-4-20-15;17-11-7-10(9-1-3-19-4-2-9)8-12(18)13(11)22-15-14(16(23)24)20-5-6-21-15;1-7-9(6-20-22-7)8-4-10(16)12(11(17)5-8)21-14-13(15(23)24)18-2-3-19-14;16-10-5-9(8-1-4-23-7-8)6-11(17)12(10)20-14-13(15(21)22)18-2-3-19-14/h3-6H,1-2H3,(H,20,21)(H,23,24);1-8H,(H,21,22)(H,23,24);2-6H,1H3,(H,19,21)(H,20,22)(H,23,24);1-7H,(H,19,20)(H,21,22). The fraction of sp³-hybridized carbons (Fsp3) is 0.0484. The summed E-state index contributed by atoms with van der Waals surface area (Å²) in [7, 11) is 0. The number of aromatic amines is 1. The molecule has 96 heavy (non-hydrogen) atoms. The van der Waals surface area contributed by atoms with Crippen LogP contribution in [0.15, 0.2) is 156 Å². The van der Waals surface area contributed by atoms with Crippen LogP contribution in [-0.2, 0) is 0 Å². The number of carbonyl (C=O) groups is 4. The molecule has 0 unspecified atom stereocenters. The molecule has 4 aromatic carbocycles. The minimum Gasteiger partial charge on any atom is -0.476 e. The number of furan rings is 1. The molecule has 0 aliphatic rings. The Labute approximate surface area is 581 Å². The molecule has 0 saturated heterocycles. The summed E-state index contributed by atoms with van der Waals surface area (Å²) < 4.78 is 10.2. The van der Waals surface area contributed by atoms with E-state index in [9.17, 15) is 24.3 Å². The van der Waals surface area contributed by atoms with Gasteiger partial charge in [0.1, 0.15) is 5.76 Å². The van der Waals surface area contributed by atoms with Crippen molar-refractivity contribution >= 4 is 163 Å². The van der Waals surface area contributed by atoms with Crippen molar-refractivity contribution in [1.29, 1.82) is 0 Å². The zero-order valence-electron chi connectivity index (χ0n) is 49.0. The van der Waals surface area contributed by atoms with Gasteiger partial charge in [-0.25, -0.2) is 59.0 Å². The fourth-order valence-corrected chi connectivity index (χ4v) is 11.1. The van der Waals surface area contributed by atoms with Crippen LogP contribution in [0.1, 0.15) is 59.1 Å². The summed E-state index contributed by atoms with van der Waals surface area (Å²) in [5.74, 6) is -3.96.